The Hall–Kier alpha value is -0.725. The summed E-state index contributed by atoms with van der Waals surface area (Å²) in [6.07, 6.45) is 6.61. The molecule has 0 saturated heterocycles. The Morgan fingerprint density at radius 2 is 2.11 bits per heavy atom. The predicted octanol–water partition coefficient (Wildman–Crippen LogP) is 2.80. The minimum atomic E-state index is 0.268. The summed E-state index contributed by atoms with van der Waals surface area (Å²) in [6.45, 7) is 8.60. The summed E-state index contributed by atoms with van der Waals surface area (Å²) in [7, 11) is 4.32. The highest BCUT2D eigenvalue weighted by Crippen LogP contribution is 2.47. The molecule has 0 N–H and O–H groups in total. The first-order valence-corrected chi connectivity index (χ1v) is 7.20. The molecule has 1 fully saturated rings. The first-order chi connectivity index (χ1) is 8.29. The fraction of sp³-hybridized carbons (Fsp3) is 0.800. The third-order valence-corrected chi connectivity index (χ3v) is 4.34. The van der Waals surface area contributed by atoms with Gasteiger partial charge < -0.3 is 4.90 Å². The molecular formula is C15H28BNO. The molecule has 18 heavy (non-hydrogen) atoms. The van der Waals surface area contributed by atoms with E-state index in [4.69, 9.17) is 0 Å². The van der Waals surface area contributed by atoms with E-state index < -0.39 is 0 Å². The summed E-state index contributed by atoms with van der Waals surface area (Å²) in [5, 5.41) is 0.294. The van der Waals surface area contributed by atoms with E-state index in [1.165, 1.54) is 18.4 Å². The van der Waals surface area contributed by atoms with Crippen LogP contribution in [0.4, 0.5) is 0 Å². The number of allylic oxidation sites excluding steroid dienone is 1. The van der Waals surface area contributed by atoms with E-state index in [1.54, 1.807) is 0 Å². The second-order valence-corrected chi connectivity index (χ2v) is 6.58. The third-order valence-electron chi connectivity index (χ3n) is 4.34. The number of rotatable bonds is 3. The van der Waals surface area contributed by atoms with Crippen LogP contribution < -0.4 is 0 Å². The lowest BCUT2D eigenvalue weighted by atomic mass is 9.54. The first-order valence-electron chi connectivity index (χ1n) is 7.20. The summed E-state index contributed by atoms with van der Waals surface area (Å²) in [5.74, 6) is 0.751. The van der Waals surface area contributed by atoms with Crippen LogP contribution in [-0.2, 0) is 4.79 Å². The smallest absolute Gasteiger partial charge is 0.222 e. The van der Waals surface area contributed by atoms with E-state index in [9.17, 15) is 4.79 Å². The van der Waals surface area contributed by atoms with Gasteiger partial charge in [-0.25, -0.2) is 0 Å². The molecule has 0 radical (unpaired) electrons. The highest BCUT2D eigenvalue weighted by molar-refractivity contribution is 6.15. The maximum absolute atomic E-state index is 12.0. The quantitative estimate of drug-likeness (QED) is 0.556. The Morgan fingerprint density at radius 3 is 2.61 bits per heavy atom. The normalized spacial score (nSPS) is 31.8. The maximum Gasteiger partial charge on any atom is 0.222 e. The van der Waals surface area contributed by atoms with Gasteiger partial charge in [0.05, 0.1) is 0 Å². The van der Waals surface area contributed by atoms with E-state index >= 15 is 0 Å². The Balaban J connectivity index is 2.99. The average Bonchev–Trinajstić information content (AvgIpc) is 2.29. The summed E-state index contributed by atoms with van der Waals surface area (Å²) < 4.78 is 0. The van der Waals surface area contributed by atoms with Gasteiger partial charge in [-0.05, 0) is 26.2 Å². The van der Waals surface area contributed by atoms with E-state index in [0.29, 0.717) is 23.7 Å². The molecule has 0 aromatic rings. The van der Waals surface area contributed by atoms with Gasteiger partial charge in [0.15, 0.2) is 0 Å². The van der Waals surface area contributed by atoms with Crippen molar-refractivity contribution < 1.29 is 4.79 Å². The molecule has 0 aromatic heterocycles. The highest BCUT2D eigenvalue weighted by atomic mass is 16.2. The molecule has 0 aliphatic heterocycles. The van der Waals surface area contributed by atoms with Gasteiger partial charge in [0.25, 0.3) is 0 Å². The lowest BCUT2D eigenvalue weighted by molar-refractivity contribution is -0.133. The van der Waals surface area contributed by atoms with Crippen molar-refractivity contribution in [3.8, 4) is 0 Å². The van der Waals surface area contributed by atoms with Crippen LogP contribution in [0.2, 0.25) is 5.31 Å². The van der Waals surface area contributed by atoms with Gasteiger partial charge >= 0.3 is 0 Å². The molecule has 0 bridgehead atoms. The molecule has 3 unspecified atom stereocenters. The second-order valence-electron chi connectivity index (χ2n) is 6.58. The molecule has 2 nitrogen and oxygen atoms in total. The average molecular weight is 249 g/mol. The number of hydrogen-bond acceptors (Lipinski definition) is 1. The van der Waals surface area contributed by atoms with Crippen molar-refractivity contribution in [1.29, 1.82) is 0 Å². The molecule has 0 heterocycles. The molecule has 1 aliphatic carbocycles. The summed E-state index contributed by atoms with van der Waals surface area (Å²) in [6, 6.07) is 0.371. The standard InChI is InChI=1S/C15H28BNO/c1-6-14(18)17(5)13-8-7-9-15(4,16)12(13)10-11(2)3/h10,12-13H,6-9,16H2,1-5H3. The predicted molar refractivity (Wildman–Crippen MR) is 80.5 cm³/mol. The van der Waals surface area contributed by atoms with Crippen LogP contribution >= 0.6 is 0 Å². The lowest BCUT2D eigenvalue weighted by Crippen LogP contribution is -2.47. The van der Waals surface area contributed by atoms with Gasteiger partial charge in [-0.3, -0.25) is 4.79 Å². The number of carbonyl (C=O) groups is 1. The monoisotopic (exact) mass is 249 g/mol. The topological polar surface area (TPSA) is 20.3 Å². The molecule has 3 heteroatoms. The molecule has 1 rings (SSSR count). The van der Waals surface area contributed by atoms with Crippen molar-refractivity contribution in [2.45, 2.75) is 64.7 Å². The van der Waals surface area contributed by atoms with E-state index in [2.05, 4.69) is 34.7 Å². The Labute approximate surface area is 113 Å². The first kappa shape index (κ1) is 15.3. The molecule has 3 atom stereocenters. The van der Waals surface area contributed by atoms with Crippen molar-refractivity contribution in [3.63, 3.8) is 0 Å². The Kier molecular flexibility index (Phi) is 5.06. The number of carbonyl (C=O) groups excluding carboxylic acids is 1. The largest absolute Gasteiger partial charge is 0.342 e. The molecule has 0 spiro atoms. The van der Waals surface area contributed by atoms with E-state index in [1.807, 2.05) is 18.9 Å². The van der Waals surface area contributed by atoms with Crippen molar-refractivity contribution in [1.82, 2.24) is 4.90 Å². The number of hydrogen-bond donors (Lipinski definition) is 0. The molecule has 1 amide bonds. The molecular weight excluding hydrogens is 221 g/mol. The van der Waals surface area contributed by atoms with Crippen molar-refractivity contribution in [2.24, 2.45) is 5.92 Å². The van der Waals surface area contributed by atoms with E-state index in [0.717, 1.165) is 6.42 Å². The fourth-order valence-electron chi connectivity index (χ4n) is 3.20. The zero-order valence-corrected chi connectivity index (χ0v) is 12.9. The van der Waals surface area contributed by atoms with Crippen LogP contribution in [0.25, 0.3) is 0 Å². The molecule has 1 aliphatic rings. The van der Waals surface area contributed by atoms with Crippen molar-refractivity contribution in [3.05, 3.63) is 11.6 Å². The zero-order valence-electron chi connectivity index (χ0n) is 12.9. The van der Waals surface area contributed by atoms with Gasteiger partial charge in [-0.15, -0.1) is 0 Å². The number of amides is 1. The van der Waals surface area contributed by atoms with Crippen molar-refractivity contribution in [2.75, 3.05) is 7.05 Å². The van der Waals surface area contributed by atoms with Crippen molar-refractivity contribution >= 4 is 13.8 Å². The van der Waals surface area contributed by atoms with Gasteiger partial charge in [-0.1, -0.05) is 43.7 Å². The SMILES string of the molecule is BC1(C)CCCC(N(C)C(=O)CC)C1C=C(C)C. The van der Waals surface area contributed by atoms with Crippen LogP contribution in [0.3, 0.4) is 0 Å². The Morgan fingerprint density at radius 1 is 1.50 bits per heavy atom. The van der Waals surface area contributed by atoms with Crippen LogP contribution in [-0.4, -0.2) is 31.7 Å². The van der Waals surface area contributed by atoms with Gasteiger partial charge in [0, 0.05) is 19.5 Å². The third kappa shape index (κ3) is 3.40. The zero-order chi connectivity index (χ0) is 13.9. The maximum atomic E-state index is 12.0. The minimum Gasteiger partial charge on any atom is -0.342 e. The number of nitrogens with zero attached hydrogens (tertiary/aromatic N) is 1. The fourth-order valence-corrected chi connectivity index (χ4v) is 3.20. The summed E-state index contributed by atoms with van der Waals surface area (Å²) >= 11 is 0. The Bertz CT molecular complexity index is 331. The molecule has 102 valence electrons. The summed E-state index contributed by atoms with van der Waals surface area (Å²) in [4.78, 5) is 13.9. The van der Waals surface area contributed by atoms with Crippen LogP contribution in [0.5, 0.6) is 0 Å². The highest BCUT2D eigenvalue weighted by Gasteiger charge is 2.39. The van der Waals surface area contributed by atoms with Gasteiger partial charge in [0.2, 0.25) is 5.91 Å². The van der Waals surface area contributed by atoms with E-state index in [-0.39, 0.29) is 5.91 Å². The van der Waals surface area contributed by atoms with Crippen LogP contribution in [0, 0.1) is 5.92 Å². The minimum absolute atomic E-state index is 0.268. The summed E-state index contributed by atoms with van der Waals surface area (Å²) in [5.41, 5.74) is 1.36. The lowest BCUT2D eigenvalue weighted by Gasteiger charge is -2.46. The van der Waals surface area contributed by atoms with Crippen LogP contribution in [0.15, 0.2) is 11.6 Å². The molecule has 1 saturated carbocycles. The second kappa shape index (κ2) is 5.94. The molecule has 0 aromatic carbocycles. The van der Waals surface area contributed by atoms with Crippen LogP contribution in [0.1, 0.15) is 53.4 Å². The van der Waals surface area contributed by atoms with Gasteiger partial charge in [-0.2, -0.15) is 0 Å². The van der Waals surface area contributed by atoms with Gasteiger partial charge in [0.1, 0.15) is 7.85 Å².